The molecule has 7 heteroatoms. The highest BCUT2D eigenvalue weighted by atomic mass is 35.5. The van der Waals surface area contributed by atoms with E-state index in [-0.39, 0.29) is 14.9 Å². The van der Waals surface area contributed by atoms with Crippen molar-refractivity contribution in [3.05, 3.63) is 64.1 Å². The van der Waals surface area contributed by atoms with E-state index in [1.165, 1.54) is 24.4 Å². The maximum atomic E-state index is 12.0. The summed E-state index contributed by atoms with van der Waals surface area (Å²) < 4.78 is 24.1. The van der Waals surface area contributed by atoms with Gasteiger partial charge in [0.2, 0.25) is 0 Å². The summed E-state index contributed by atoms with van der Waals surface area (Å²) in [6, 6.07) is 13.3. The number of sulfonamides is 1. The van der Waals surface area contributed by atoms with E-state index in [4.69, 9.17) is 23.2 Å². The lowest BCUT2D eigenvalue weighted by Crippen LogP contribution is -2.18. The van der Waals surface area contributed by atoms with Crippen LogP contribution in [0, 0.1) is 0 Å². The van der Waals surface area contributed by atoms with Gasteiger partial charge in [0.15, 0.2) is 0 Å². The van der Waals surface area contributed by atoms with Crippen molar-refractivity contribution in [2.75, 3.05) is 0 Å². The van der Waals surface area contributed by atoms with Crippen LogP contribution in [0.5, 0.6) is 0 Å². The van der Waals surface area contributed by atoms with Crippen molar-refractivity contribution in [3.8, 4) is 0 Å². The minimum absolute atomic E-state index is 0.0804. The van der Waals surface area contributed by atoms with Gasteiger partial charge in [-0.25, -0.2) is 4.83 Å². The quantitative estimate of drug-likeness (QED) is 0.691. The second kappa shape index (κ2) is 6.26. The van der Waals surface area contributed by atoms with Crippen molar-refractivity contribution in [2.45, 2.75) is 4.90 Å². The van der Waals surface area contributed by atoms with Gasteiger partial charge in [0.25, 0.3) is 10.0 Å². The Morgan fingerprint density at radius 3 is 2.45 bits per heavy atom. The van der Waals surface area contributed by atoms with Crippen LogP contribution in [-0.4, -0.2) is 14.6 Å². The minimum Gasteiger partial charge on any atom is -0.200 e. The Morgan fingerprint density at radius 1 is 1.05 bits per heavy atom. The Labute approximate surface area is 127 Å². The number of halogens is 2. The van der Waals surface area contributed by atoms with E-state index >= 15 is 0 Å². The van der Waals surface area contributed by atoms with Crippen molar-refractivity contribution in [3.63, 3.8) is 0 Å². The van der Waals surface area contributed by atoms with E-state index in [1.807, 2.05) is 18.2 Å². The topological polar surface area (TPSA) is 58.5 Å². The van der Waals surface area contributed by atoms with E-state index < -0.39 is 10.0 Å². The average Bonchev–Trinajstić information content (AvgIpc) is 2.42. The van der Waals surface area contributed by atoms with Crippen LogP contribution < -0.4 is 4.83 Å². The summed E-state index contributed by atoms with van der Waals surface area (Å²) in [7, 11) is -3.85. The van der Waals surface area contributed by atoms with E-state index in [2.05, 4.69) is 9.93 Å². The molecule has 2 rings (SSSR count). The van der Waals surface area contributed by atoms with Crippen LogP contribution in [-0.2, 0) is 10.0 Å². The number of hydrazone groups is 1. The standard InChI is InChI=1S/C13H10Cl2N2O2S/c14-11-6-7-12(15)13(8-11)20(18,19)17-16-9-10-4-2-1-3-5-10/h1-9,17H/b16-9-. The summed E-state index contributed by atoms with van der Waals surface area (Å²) in [6.45, 7) is 0. The third-order valence-corrected chi connectivity index (χ3v) is 4.31. The van der Waals surface area contributed by atoms with E-state index in [9.17, 15) is 8.42 Å². The van der Waals surface area contributed by atoms with Crippen LogP contribution >= 0.6 is 23.2 Å². The first kappa shape index (κ1) is 14.8. The molecule has 0 aliphatic rings. The third-order valence-electron chi connectivity index (χ3n) is 2.37. The van der Waals surface area contributed by atoms with Crippen LogP contribution in [0.3, 0.4) is 0 Å². The number of hydrogen-bond donors (Lipinski definition) is 1. The van der Waals surface area contributed by atoms with Gasteiger partial charge in [-0.2, -0.15) is 13.5 Å². The molecule has 0 radical (unpaired) electrons. The first-order valence-corrected chi connectivity index (χ1v) is 7.78. The molecule has 0 fully saturated rings. The van der Waals surface area contributed by atoms with Crippen molar-refractivity contribution in [1.82, 2.24) is 4.83 Å². The molecule has 0 bridgehead atoms. The number of hydrogen-bond acceptors (Lipinski definition) is 3. The summed E-state index contributed by atoms with van der Waals surface area (Å²) in [5.41, 5.74) is 0.771. The van der Waals surface area contributed by atoms with Crippen molar-refractivity contribution in [2.24, 2.45) is 5.10 Å². The predicted molar refractivity (Wildman–Crippen MR) is 80.8 cm³/mol. The molecule has 0 atom stereocenters. The molecule has 20 heavy (non-hydrogen) atoms. The van der Waals surface area contributed by atoms with Gasteiger partial charge in [0.05, 0.1) is 11.2 Å². The second-order valence-corrected chi connectivity index (χ2v) is 6.31. The highest BCUT2D eigenvalue weighted by molar-refractivity contribution is 7.89. The first-order valence-electron chi connectivity index (χ1n) is 5.54. The molecule has 0 saturated heterocycles. The van der Waals surface area contributed by atoms with Gasteiger partial charge in [-0.1, -0.05) is 53.5 Å². The molecule has 4 nitrogen and oxygen atoms in total. The molecule has 0 aliphatic carbocycles. The molecule has 0 amide bonds. The lowest BCUT2D eigenvalue weighted by Gasteiger charge is -2.05. The fourth-order valence-corrected chi connectivity index (χ4v) is 3.00. The lowest BCUT2D eigenvalue weighted by atomic mass is 10.2. The van der Waals surface area contributed by atoms with E-state index in [0.29, 0.717) is 0 Å². The zero-order valence-electron chi connectivity index (χ0n) is 10.1. The minimum atomic E-state index is -3.85. The number of nitrogens with zero attached hydrogens (tertiary/aromatic N) is 1. The maximum Gasteiger partial charge on any atom is 0.278 e. The normalized spacial score (nSPS) is 11.7. The Hall–Kier alpha value is -1.56. The van der Waals surface area contributed by atoms with Gasteiger partial charge in [-0.3, -0.25) is 0 Å². The summed E-state index contributed by atoms with van der Waals surface area (Å²) in [5.74, 6) is 0. The molecule has 0 aromatic heterocycles. The van der Waals surface area contributed by atoms with Gasteiger partial charge in [0, 0.05) is 5.02 Å². The van der Waals surface area contributed by atoms with Crippen LogP contribution in [0.1, 0.15) is 5.56 Å². The van der Waals surface area contributed by atoms with Gasteiger partial charge in [-0.05, 0) is 23.8 Å². The van der Waals surface area contributed by atoms with Crippen LogP contribution in [0.25, 0.3) is 0 Å². The van der Waals surface area contributed by atoms with Gasteiger partial charge >= 0.3 is 0 Å². The Balaban J connectivity index is 2.20. The third kappa shape index (κ3) is 3.72. The van der Waals surface area contributed by atoms with Gasteiger partial charge in [-0.15, -0.1) is 0 Å². The highest BCUT2D eigenvalue weighted by Gasteiger charge is 2.17. The smallest absolute Gasteiger partial charge is 0.200 e. The molecular formula is C13H10Cl2N2O2S. The monoisotopic (exact) mass is 328 g/mol. The van der Waals surface area contributed by atoms with Crippen LogP contribution in [0.15, 0.2) is 58.5 Å². The van der Waals surface area contributed by atoms with E-state index in [1.54, 1.807) is 12.1 Å². The number of nitrogens with one attached hydrogen (secondary N) is 1. The zero-order valence-corrected chi connectivity index (χ0v) is 12.5. The molecule has 104 valence electrons. The van der Waals surface area contributed by atoms with Crippen LogP contribution in [0.2, 0.25) is 10.0 Å². The van der Waals surface area contributed by atoms with Gasteiger partial charge < -0.3 is 0 Å². The molecule has 1 N–H and O–H groups in total. The van der Waals surface area contributed by atoms with Crippen molar-refractivity contribution in [1.29, 1.82) is 0 Å². The summed E-state index contributed by atoms with van der Waals surface area (Å²) >= 11 is 11.6. The molecule has 0 heterocycles. The lowest BCUT2D eigenvalue weighted by molar-refractivity contribution is 0.585. The number of benzene rings is 2. The Bertz CT molecular complexity index is 731. The summed E-state index contributed by atoms with van der Waals surface area (Å²) in [4.78, 5) is 1.98. The molecule has 2 aromatic rings. The van der Waals surface area contributed by atoms with Gasteiger partial charge in [0.1, 0.15) is 4.90 Å². The van der Waals surface area contributed by atoms with Crippen molar-refractivity contribution < 1.29 is 8.42 Å². The summed E-state index contributed by atoms with van der Waals surface area (Å²) in [6.07, 6.45) is 1.40. The molecule has 0 spiro atoms. The van der Waals surface area contributed by atoms with E-state index in [0.717, 1.165) is 5.56 Å². The highest BCUT2D eigenvalue weighted by Crippen LogP contribution is 2.24. The first-order chi connectivity index (χ1) is 9.49. The molecule has 0 aliphatic heterocycles. The Kier molecular flexibility index (Phi) is 4.65. The number of rotatable bonds is 4. The fraction of sp³-hybridized carbons (Fsp3) is 0. The largest absolute Gasteiger partial charge is 0.278 e. The zero-order chi connectivity index (χ0) is 14.6. The Morgan fingerprint density at radius 2 is 1.75 bits per heavy atom. The maximum absolute atomic E-state index is 12.0. The van der Waals surface area contributed by atoms with Crippen LogP contribution in [0.4, 0.5) is 0 Å². The average molecular weight is 329 g/mol. The molecule has 2 aromatic carbocycles. The molecule has 0 unspecified atom stereocenters. The fourth-order valence-electron chi connectivity index (χ4n) is 1.44. The SMILES string of the molecule is O=S(=O)(N/N=C\c1ccccc1)c1cc(Cl)ccc1Cl. The second-order valence-electron chi connectivity index (χ2n) is 3.84. The van der Waals surface area contributed by atoms with Crippen molar-refractivity contribution >= 4 is 39.4 Å². The molecular weight excluding hydrogens is 319 g/mol. The molecule has 0 saturated carbocycles. The summed E-state index contributed by atoms with van der Waals surface area (Å²) in [5, 5.41) is 4.06. The predicted octanol–water partition coefficient (Wildman–Crippen LogP) is 3.31.